The summed E-state index contributed by atoms with van der Waals surface area (Å²) in [6.07, 6.45) is 5.78. The zero-order valence-electron chi connectivity index (χ0n) is 10.8. The van der Waals surface area contributed by atoms with Gasteiger partial charge in [0.2, 0.25) is 0 Å². The van der Waals surface area contributed by atoms with E-state index in [1.807, 2.05) is 0 Å². The average Bonchev–Trinajstić information content (AvgIpc) is 2.64. The fraction of sp³-hybridized carbons (Fsp3) is 0.667. The van der Waals surface area contributed by atoms with Crippen molar-refractivity contribution in [3.63, 3.8) is 0 Å². The first-order valence-electron chi connectivity index (χ1n) is 6.88. The van der Waals surface area contributed by atoms with Crippen LogP contribution >= 0.6 is 0 Å². The Morgan fingerprint density at radius 3 is 2.79 bits per heavy atom. The molecule has 0 saturated heterocycles. The van der Waals surface area contributed by atoms with Crippen LogP contribution in [0.5, 0.6) is 0 Å². The highest BCUT2D eigenvalue weighted by Gasteiger charge is 2.38. The van der Waals surface area contributed by atoms with Crippen LogP contribution in [-0.4, -0.2) is 12.5 Å². The normalized spacial score (nSPS) is 31.9. The number of hydrogen-bond donors (Lipinski definition) is 0. The predicted molar refractivity (Wildman–Crippen MR) is 67.5 cm³/mol. The third kappa shape index (κ3) is 3.71. The van der Waals surface area contributed by atoms with Gasteiger partial charge in [-0.25, -0.2) is 0 Å². The Balaban J connectivity index is 2.07. The Hall–Kier alpha value is -1.06. The largest absolute Gasteiger partial charge is 0.398 e. The second-order valence-corrected chi connectivity index (χ2v) is 5.55. The number of alkyl halides is 3. The molecule has 2 aliphatic rings. The van der Waals surface area contributed by atoms with Crippen molar-refractivity contribution in [3.05, 3.63) is 23.8 Å². The summed E-state index contributed by atoms with van der Waals surface area (Å²) >= 11 is 0. The van der Waals surface area contributed by atoms with Gasteiger partial charge in [-0.15, -0.1) is 0 Å². The second-order valence-electron chi connectivity index (χ2n) is 5.55. The molecule has 0 heterocycles. The van der Waals surface area contributed by atoms with Gasteiger partial charge in [-0.3, -0.25) is 0 Å². The Bertz CT molecular complexity index is 381. The summed E-state index contributed by atoms with van der Waals surface area (Å²) in [5.41, 5.74) is 0.945. The number of carbonyl (C=O) groups is 1. The van der Waals surface area contributed by atoms with Crippen molar-refractivity contribution >= 4 is 6.29 Å². The van der Waals surface area contributed by atoms with Crippen molar-refractivity contribution in [2.75, 3.05) is 0 Å². The lowest BCUT2D eigenvalue weighted by Crippen LogP contribution is -2.19. The van der Waals surface area contributed by atoms with Crippen LogP contribution < -0.4 is 0 Å². The first-order chi connectivity index (χ1) is 9.00. The maximum Gasteiger partial charge on any atom is 0.398 e. The molecule has 4 heteroatoms. The SMILES string of the molecule is O=CCC1CCC(C2=CC(C(F)(F)F)C=CCC2)C1. The van der Waals surface area contributed by atoms with Gasteiger partial charge < -0.3 is 4.79 Å². The zero-order valence-corrected chi connectivity index (χ0v) is 10.8. The number of carbonyl (C=O) groups excluding carboxylic acids is 1. The van der Waals surface area contributed by atoms with Crippen LogP contribution in [0.25, 0.3) is 0 Å². The fourth-order valence-corrected chi connectivity index (χ4v) is 3.17. The number of aldehydes is 1. The van der Waals surface area contributed by atoms with Gasteiger partial charge >= 0.3 is 6.18 Å². The van der Waals surface area contributed by atoms with Gasteiger partial charge in [0.15, 0.2) is 0 Å². The Morgan fingerprint density at radius 2 is 2.11 bits per heavy atom. The molecule has 0 aromatic carbocycles. The van der Waals surface area contributed by atoms with E-state index in [1.54, 1.807) is 6.08 Å². The Morgan fingerprint density at radius 1 is 1.32 bits per heavy atom. The molecular formula is C15H19F3O. The average molecular weight is 272 g/mol. The summed E-state index contributed by atoms with van der Waals surface area (Å²) in [4.78, 5) is 10.5. The van der Waals surface area contributed by atoms with E-state index in [1.165, 1.54) is 12.2 Å². The lowest BCUT2D eigenvalue weighted by molar-refractivity contribution is -0.149. The molecule has 0 aromatic heterocycles. The molecule has 19 heavy (non-hydrogen) atoms. The number of allylic oxidation sites excluding steroid dienone is 4. The minimum atomic E-state index is -4.19. The van der Waals surface area contributed by atoms with Crippen LogP contribution in [0.3, 0.4) is 0 Å². The number of halogens is 3. The van der Waals surface area contributed by atoms with Crippen LogP contribution in [0.4, 0.5) is 13.2 Å². The monoisotopic (exact) mass is 272 g/mol. The minimum Gasteiger partial charge on any atom is -0.303 e. The molecular weight excluding hydrogens is 253 g/mol. The van der Waals surface area contributed by atoms with Crippen molar-refractivity contribution in [2.24, 2.45) is 17.8 Å². The minimum absolute atomic E-state index is 0.245. The van der Waals surface area contributed by atoms with E-state index in [0.717, 1.165) is 37.5 Å². The molecule has 3 unspecified atom stereocenters. The fourth-order valence-electron chi connectivity index (χ4n) is 3.17. The van der Waals surface area contributed by atoms with E-state index in [-0.39, 0.29) is 5.92 Å². The maximum atomic E-state index is 12.8. The standard InChI is InChI=1S/C15H19F3O/c16-15(17,18)14-4-2-1-3-12(10-14)13-6-5-11(9-13)7-8-19/h2,4,8,10-11,13-14H,1,3,5-7,9H2. The highest BCUT2D eigenvalue weighted by Crippen LogP contribution is 2.41. The second kappa shape index (κ2) is 5.93. The van der Waals surface area contributed by atoms with Gasteiger partial charge in [-0.05, 0) is 43.9 Å². The van der Waals surface area contributed by atoms with Gasteiger partial charge in [0.05, 0.1) is 5.92 Å². The molecule has 0 aliphatic heterocycles. The highest BCUT2D eigenvalue weighted by molar-refractivity contribution is 5.49. The van der Waals surface area contributed by atoms with Gasteiger partial charge in [0.25, 0.3) is 0 Å². The van der Waals surface area contributed by atoms with Crippen LogP contribution in [0, 0.1) is 17.8 Å². The smallest absolute Gasteiger partial charge is 0.303 e. The molecule has 3 atom stereocenters. The van der Waals surface area contributed by atoms with E-state index in [0.29, 0.717) is 18.8 Å². The molecule has 106 valence electrons. The quantitative estimate of drug-likeness (QED) is 0.548. The van der Waals surface area contributed by atoms with E-state index in [9.17, 15) is 18.0 Å². The molecule has 0 radical (unpaired) electrons. The maximum absolute atomic E-state index is 12.8. The van der Waals surface area contributed by atoms with Crippen LogP contribution in [0.1, 0.15) is 38.5 Å². The van der Waals surface area contributed by atoms with E-state index >= 15 is 0 Å². The van der Waals surface area contributed by atoms with Gasteiger partial charge in [-0.1, -0.05) is 23.8 Å². The van der Waals surface area contributed by atoms with Crippen molar-refractivity contribution < 1.29 is 18.0 Å². The van der Waals surface area contributed by atoms with Crippen molar-refractivity contribution in [1.82, 2.24) is 0 Å². The zero-order chi connectivity index (χ0) is 13.9. The lowest BCUT2D eigenvalue weighted by atomic mass is 9.90. The summed E-state index contributed by atoms with van der Waals surface area (Å²) in [5, 5.41) is 0. The summed E-state index contributed by atoms with van der Waals surface area (Å²) in [7, 11) is 0. The summed E-state index contributed by atoms with van der Waals surface area (Å²) in [5.74, 6) is -0.825. The molecule has 0 aromatic rings. The molecule has 0 N–H and O–H groups in total. The van der Waals surface area contributed by atoms with Gasteiger partial charge in [-0.2, -0.15) is 13.2 Å². The van der Waals surface area contributed by atoms with Gasteiger partial charge in [0.1, 0.15) is 6.29 Å². The van der Waals surface area contributed by atoms with E-state index < -0.39 is 12.1 Å². The summed E-state index contributed by atoms with van der Waals surface area (Å²) in [6.45, 7) is 0. The molecule has 1 fully saturated rings. The molecule has 0 bridgehead atoms. The van der Waals surface area contributed by atoms with E-state index in [4.69, 9.17) is 0 Å². The molecule has 2 rings (SSSR count). The van der Waals surface area contributed by atoms with Crippen LogP contribution in [0.15, 0.2) is 23.8 Å². The third-order valence-corrected chi connectivity index (χ3v) is 4.21. The van der Waals surface area contributed by atoms with Crippen molar-refractivity contribution in [2.45, 2.75) is 44.7 Å². The van der Waals surface area contributed by atoms with Crippen LogP contribution in [0.2, 0.25) is 0 Å². The molecule has 2 aliphatic carbocycles. The lowest BCUT2D eigenvalue weighted by Gasteiger charge is -2.18. The number of hydrogen-bond acceptors (Lipinski definition) is 1. The predicted octanol–water partition coefficient (Wildman–Crippen LogP) is 4.45. The third-order valence-electron chi connectivity index (χ3n) is 4.21. The van der Waals surface area contributed by atoms with E-state index in [2.05, 4.69) is 0 Å². The Kier molecular flexibility index (Phi) is 4.48. The topological polar surface area (TPSA) is 17.1 Å². The summed E-state index contributed by atoms with van der Waals surface area (Å²) in [6, 6.07) is 0. The summed E-state index contributed by atoms with van der Waals surface area (Å²) < 4.78 is 38.5. The number of rotatable bonds is 3. The molecule has 0 amide bonds. The first-order valence-corrected chi connectivity index (χ1v) is 6.88. The first kappa shape index (κ1) is 14.4. The van der Waals surface area contributed by atoms with Crippen LogP contribution in [-0.2, 0) is 4.79 Å². The van der Waals surface area contributed by atoms with Gasteiger partial charge in [0, 0.05) is 6.42 Å². The van der Waals surface area contributed by atoms with Crippen molar-refractivity contribution in [3.8, 4) is 0 Å². The molecule has 1 saturated carbocycles. The Labute approximate surface area is 111 Å². The molecule has 0 spiro atoms. The van der Waals surface area contributed by atoms with Crippen molar-refractivity contribution in [1.29, 1.82) is 0 Å². The highest BCUT2D eigenvalue weighted by atomic mass is 19.4. The molecule has 1 nitrogen and oxygen atoms in total.